The molecule has 0 radical (unpaired) electrons. The molecule has 0 amide bonds. The zero-order valence-corrected chi connectivity index (χ0v) is 64.1. The van der Waals surface area contributed by atoms with Gasteiger partial charge in [-0.05, 0) is 69.1 Å². The molecule has 0 aliphatic heterocycles. The quantitative estimate of drug-likeness (QED) is 0.0169. The Kier molecular flexibility index (Phi) is 65.3. The van der Waals surface area contributed by atoms with Crippen LogP contribution in [0.3, 0.4) is 0 Å². The predicted molar refractivity (Wildman–Crippen MR) is 390 cm³/mol. The summed E-state index contributed by atoms with van der Waals surface area (Å²) in [6.45, 7) is 11.8. The maximum absolute atomic E-state index is 13.1. The largest absolute Gasteiger partial charge is 0.472 e. The molecular weight excluding hydrogens is 1260 g/mol. The van der Waals surface area contributed by atoms with E-state index in [-0.39, 0.29) is 25.7 Å². The van der Waals surface area contributed by atoms with Gasteiger partial charge in [-0.15, -0.1) is 0 Å². The summed E-state index contributed by atoms with van der Waals surface area (Å²) in [4.78, 5) is 72.8. The first-order valence-corrected chi connectivity index (χ1v) is 42.2. The third-order valence-corrected chi connectivity index (χ3v) is 19.2. The van der Waals surface area contributed by atoms with E-state index in [9.17, 15) is 43.2 Å². The lowest BCUT2D eigenvalue weighted by Gasteiger charge is -2.21. The standard InChI is InChI=1S/C77H146O17P2/c1-8-9-10-11-12-13-14-15-16-21-26-31-38-46-53-60-76(81)93-72(64-87-74(79)58-51-44-37-30-25-20-18-17-19-23-28-34-41-48-55-68(2)3)66-91-95(83,84)89-62-71(78)63-90-96(85,86)92-67-73(65-88-75(80)59-52-45-40-33-36-43-50-57-70(6)7)94-77(82)61-54-47-39-32-27-22-24-29-35-42-49-56-69(4)5/h13-16,68-73,78H,8-12,17-67H2,1-7H3,(H,83,84)(H,85,86)/b14-13-,16-15-/t71?,72-,73-/m1/s1. The normalized spacial score (nSPS) is 14.2. The minimum atomic E-state index is -4.97. The van der Waals surface area contributed by atoms with Gasteiger partial charge in [0, 0.05) is 25.7 Å². The number of carbonyl (C=O) groups excluding carboxylic acids is 4. The Hall–Kier alpha value is -2.46. The number of allylic oxidation sites excluding steroid dienone is 4. The molecule has 0 saturated carbocycles. The number of esters is 4. The third kappa shape index (κ3) is 70.0. The molecular formula is C77H146O17P2. The van der Waals surface area contributed by atoms with Crippen molar-refractivity contribution in [2.45, 2.75) is 388 Å². The minimum Gasteiger partial charge on any atom is -0.462 e. The molecule has 0 aliphatic rings. The summed E-state index contributed by atoms with van der Waals surface area (Å²) < 4.78 is 68.5. The molecule has 0 aromatic carbocycles. The Balaban J connectivity index is 5.28. The van der Waals surface area contributed by atoms with E-state index in [0.29, 0.717) is 31.6 Å². The van der Waals surface area contributed by atoms with Crippen molar-refractivity contribution in [1.29, 1.82) is 0 Å². The van der Waals surface area contributed by atoms with E-state index in [1.54, 1.807) is 0 Å². The average molecular weight is 1410 g/mol. The summed E-state index contributed by atoms with van der Waals surface area (Å²) in [5.74, 6) is 0.117. The molecule has 0 fully saturated rings. The first-order valence-electron chi connectivity index (χ1n) is 39.2. The monoisotopic (exact) mass is 1410 g/mol. The second kappa shape index (κ2) is 67.1. The van der Waals surface area contributed by atoms with Gasteiger partial charge in [-0.1, -0.05) is 317 Å². The number of phosphoric ester groups is 2. The maximum atomic E-state index is 13.1. The SMILES string of the molecule is CCCCCC/C=C\C=C/CCCCCCCC(=O)O[C@H](COC(=O)CCCCCCCCCCCCCCCCC(C)C)COP(=O)(O)OCC(O)COP(=O)(O)OC[C@@H](COC(=O)CCCCCCCCCC(C)C)OC(=O)CCCCCCCCCCCCCC(C)C. The lowest BCUT2D eigenvalue weighted by Crippen LogP contribution is -2.30. The molecule has 0 aromatic rings. The molecule has 0 heterocycles. The van der Waals surface area contributed by atoms with E-state index in [0.717, 1.165) is 121 Å². The van der Waals surface area contributed by atoms with Crippen LogP contribution in [0, 0.1) is 17.8 Å². The predicted octanol–water partition coefficient (Wildman–Crippen LogP) is 22.1. The van der Waals surface area contributed by atoms with Crippen LogP contribution in [0.2, 0.25) is 0 Å². The van der Waals surface area contributed by atoms with Gasteiger partial charge >= 0.3 is 39.5 Å². The highest BCUT2D eigenvalue weighted by Gasteiger charge is 2.30. The lowest BCUT2D eigenvalue weighted by atomic mass is 10.0. The van der Waals surface area contributed by atoms with Gasteiger partial charge in [-0.3, -0.25) is 37.3 Å². The lowest BCUT2D eigenvalue weighted by molar-refractivity contribution is -0.161. The first-order chi connectivity index (χ1) is 46.2. The first kappa shape index (κ1) is 93.5. The van der Waals surface area contributed by atoms with Crippen LogP contribution in [-0.4, -0.2) is 96.7 Å². The number of aliphatic hydroxyl groups is 1. The minimum absolute atomic E-state index is 0.0849. The summed E-state index contributed by atoms with van der Waals surface area (Å²) >= 11 is 0. The van der Waals surface area contributed by atoms with E-state index in [2.05, 4.69) is 72.8 Å². The molecule has 0 aromatic heterocycles. The van der Waals surface area contributed by atoms with Crippen molar-refractivity contribution in [3.8, 4) is 0 Å². The van der Waals surface area contributed by atoms with Gasteiger partial charge in [0.1, 0.15) is 19.3 Å². The summed E-state index contributed by atoms with van der Waals surface area (Å²) in [6.07, 6.45) is 56.3. The molecule has 0 rings (SSSR count). The highest BCUT2D eigenvalue weighted by atomic mass is 31.2. The molecule has 3 N–H and O–H groups in total. The Morgan fingerprint density at radius 3 is 0.844 bits per heavy atom. The summed E-state index contributed by atoms with van der Waals surface area (Å²) in [7, 11) is -9.93. The smallest absolute Gasteiger partial charge is 0.462 e. The van der Waals surface area contributed by atoms with Crippen molar-refractivity contribution in [3.63, 3.8) is 0 Å². The van der Waals surface area contributed by atoms with Crippen molar-refractivity contribution < 1.29 is 80.2 Å². The van der Waals surface area contributed by atoms with Gasteiger partial charge in [0.05, 0.1) is 26.4 Å². The molecule has 5 atom stereocenters. The number of unbranched alkanes of at least 4 members (excludes halogenated alkanes) is 38. The molecule has 0 spiro atoms. The Labute approximate surface area is 586 Å². The Morgan fingerprint density at radius 2 is 0.562 bits per heavy atom. The molecule has 0 bridgehead atoms. The molecule has 0 saturated heterocycles. The van der Waals surface area contributed by atoms with Gasteiger partial charge in [0.25, 0.3) is 0 Å². The van der Waals surface area contributed by atoms with Crippen LogP contribution >= 0.6 is 15.6 Å². The fourth-order valence-corrected chi connectivity index (χ4v) is 12.8. The third-order valence-electron chi connectivity index (χ3n) is 17.3. The number of hydrogen-bond donors (Lipinski definition) is 3. The maximum Gasteiger partial charge on any atom is 0.472 e. The van der Waals surface area contributed by atoms with Gasteiger partial charge < -0.3 is 33.8 Å². The highest BCUT2D eigenvalue weighted by Crippen LogP contribution is 2.45. The Bertz CT molecular complexity index is 1960. The molecule has 17 nitrogen and oxygen atoms in total. The number of carbonyl (C=O) groups is 4. The van der Waals surface area contributed by atoms with Gasteiger partial charge in [0.15, 0.2) is 12.2 Å². The van der Waals surface area contributed by atoms with Crippen molar-refractivity contribution in [2.75, 3.05) is 39.6 Å². The molecule has 0 aliphatic carbocycles. The van der Waals surface area contributed by atoms with Crippen LogP contribution in [0.15, 0.2) is 24.3 Å². The van der Waals surface area contributed by atoms with E-state index in [1.165, 1.54) is 161 Å². The topological polar surface area (TPSA) is 237 Å². The van der Waals surface area contributed by atoms with Crippen molar-refractivity contribution >= 4 is 39.5 Å². The van der Waals surface area contributed by atoms with Gasteiger partial charge in [0.2, 0.25) is 0 Å². The van der Waals surface area contributed by atoms with Crippen LogP contribution in [0.5, 0.6) is 0 Å². The Morgan fingerprint density at radius 1 is 0.323 bits per heavy atom. The zero-order chi connectivity index (χ0) is 70.9. The summed E-state index contributed by atoms with van der Waals surface area (Å²) in [5, 5.41) is 10.6. The van der Waals surface area contributed by atoms with E-state index in [1.807, 2.05) is 0 Å². The van der Waals surface area contributed by atoms with Crippen molar-refractivity contribution in [3.05, 3.63) is 24.3 Å². The summed E-state index contributed by atoms with van der Waals surface area (Å²) in [6, 6.07) is 0. The fourth-order valence-electron chi connectivity index (χ4n) is 11.2. The van der Waals surface area contributed by atoms with Gasteiger partial charge in [-0.2, -0.15) is 0 Å². The number of hydrogen-bond acceptors (Lipinski definition) is 15. The van der Waals surface area contributed by atoms with E-state index >= 15 is 0 Å². The number of aliphatic hydroxyl groups excluding tert-OH is 1. The molecule has 96 heavy (non-hydrogen) atoms. The zero-order valence-electron chi connectivity index (χ0n) is 62.3. The van der Waals surface area contributed by atoms with Crippen LogP contribution in [0.4, 0.5) is 0 Å². The van der Waals surface area contributed by atoms with Crippen LogP contribution < -0.4 is 0 Å². The second-order valence-corrected chi connectivity index (χ2v) is 31.4. The van der Waals surface area contributed by atoms with Crippen molar-refractivity contribution in [2.24, 2.45) is 17.8 Å². The average Bonchev–Trinajstić information content (AvgIpc) is 1.38. The number of rotatable bonds is 73. The number of ether oxygens (including phenoxy) is 4. The highest BCUT2D eigenvalue weighted by molar-refractivity contribution is 7.47. The van der Waals surface area contributed by atoms with Crippen molar-refractivity contribution in [1.82, 2.24) is 0 Å². The van der Waals surface area contributed by atoms with E-state index < -0.39 is 97.5 Å². The second-order valence-electron chi connectivity index (χ2n) is 28.5. The molecule has 3 unspecified atom stereocenters. The van der Waals surface area contributed by atoms with E-state index in [4.69, 9.17) is 37.0 Å². The van der Waals surface area contributed by atoms with Crippen LogP contribution in [0.25, 0.3) is 0 Å². The molecule has 566 valence electrons. The molecule has 19 heteroatoms. The summed E-state index contributed by atoms with van der Waals surface area (Å²) in [5.41, 5.74) is 0. The fraction of sp³-hybridized carbons (Fsp3) is 0.896. The van der Waals surface area contributed by atoms with Crippen LogP contribution in [-0.2, 0) is 65.4 Å². The van der Waals surface area contributed by atoms with Crippen LogP contribution in [0.1, 0.15) is 370 Å². The number of phosphoric acid groups is 2. The van der Waals surface area contributed by atoms with Gasteiger partial charge in [-0.25, -0.2) is 9.13 Å².